The molecule has 3 aromatic rings. The Balaban J connectivity index is 2.38. The average Bonchev–Trinajstić information content (AvgIpc) is 2.81. The van der Waals surface area contributed by atoms with E-state index < -0.39 is 0 Å². The molecule has 0 aliphatic heterocycles. The summed E-state index contributed by atoms with van der Waals surface area (Å²) in [4.78, 5) is 10.7. The number of aryl methyl sites for hydroxylation is 1. The number of rotatable bonds is 3. The SMILES string of the molecule is C/C(=C\c1c(-c2ccccc2)n(C)c2ccccc12)[N+](=O)[O-]. The third kappa shape index (κ3) is 2.29. The van der Waals surface area contributed by atoms with Gasteiger partial charge in [0.1, 0.15) is 0 Å². The number of para-hydroxylation sites is 1. The van der Waals surface area contributed by atoms with Gasteiger partial charge in [-0.1, -0.05) is 48.5 Å². The Morgan fingerprint density at radius 2 is 1.73 bits per heavy atom. The summed E-state index contributed by atoms with van der Waals surface area (Å²) >= 11 is 0. The molecule has 0 N–H and O–H groups in total. The van der Waals surface area contributed by atoms with Gasteiger partial charge >= 0.3 is 0 Å². The minimum Gasteiger partial charge on any atom is -0.343 e. The van der Waals surface area contributed by atoms with Crippen molar-refractivity contribution in [2.24, 2.45) is 7.05 Å². The molecule has 0 atom stereocenters. The number of aromatic nitrogens is 1. The van der Waals surface area contributed by atoms with Crippen LogP contribution in [0.4, 0.5) is 0 Å². The molecule has 0 fully saturated rings. The number of hydrogen-bond acceptors (Lipinski definition) is 2. The number of benzene rings is 2. The Bertz CT molecular complexity index is 877. The van der Waals surface area contributed by atoms with Crippen LogP contribution in [0.25, 0.3) is 28.2 Å². The van der Waals surface area contributed by atoms with Crippen LogP contribution in [-0.2, 0) is 7.05 Å². The third-order valence-corrected chi connectivity index (χ3v) is 3.83. The fraction of sp³-hybridized carbons (Fsp3) is 0.111. The number of nitrogens with zero attached hydrogens (tertiary/aromatic N) is 2. The van der Waals surface area contributed by atoms with Gasteiger partial charge in [-0.25, -0.2) is 0 Å². The first kappa shape index (κ1) is 14.1. The van der Waals surface area contributed by atoms with Crippen molar-refractivity contribution in [2.75, 3.05) is 0 Å². The van der Waals surface area contributed by atoms with Gasteiger partial charge in [0.05, 0.1) is 10.6 Å². The fourth-order valence-electron chi connectivity index (χ4n) is 2.78. The largest absolute Gasteiger partial charge is 0.343 e. The second-order valence-electron chi connectivity index (χ2n) is 5.25. The number of fused-ring (bicyclic) bond motifs is 1. The lowest BCUT2D eigenvalue weighted by atomic mass is 10.0. The van der Waals surface area contributed by atoms with Gasteiger partial charge < -0.3 is 4.57 Å². The van der Waals surface area contributed by atoms with Crippen molar-refractivity contribution in [1.29, 1.82) is 0 Å². The van der Waals surface area contributed by atoms with Gasteiger partial charge in [0, 0.05) is 36.5 Å². The molecule has 3 rings (SSSR count). The van der Waals surface area contributed by atoms with E-state index >= 15 is 0 Å². The summed E-state index contributed by atoms with van der Waals surface area (Å²) < 4.78 is 2.09. The Hall–Kier alpha value is -2.88. The molecule has 0 aliphatic rings. The maximum absolute atomic E-state index is 11.0. The maximum atomic E-state index is 11.0. The molecular weight excluding hydrogens is 276 g/mol. The predicted molar refractivity (Wildman–Crippen MR) is 89.0 cm³/mol. The zero-order chi connectivity index (χ0) is 15.7. The molecule has 2 aromatic carbocycles. The monoisotopic (exact) mass is 292 g/mol. The Morgan fingerprint density at radius 1 is 1.09 bits per heavy atom. The molecule has 4 nitrogen and oxygen atoms in total. The minimum absolute atomic E-state index is 0.133. The lowest BCUT2D eigenvalue weighted by Crippen LogP contribution is -1.95. The summed E-state index contributed by atoms with van der Waals surface area (Å²) in [5.41, 5.74) is 4.11. The van der Waals surface area contributed by atoms with Gasteiger partial charge in [0.2, 0.25) is 5.70 Å². The molecule has 0 unspecified atom stereocenters. The Kier molecular flexibility index (Phi) is 3.51. The highest BCUT2D eigenvalue weighted by atomic mass is 16.6. The summed E-state index contributed by atoms with van der Waals surface area (Å²) in [6, 6.07) is 17.9. The van der Waals surface area contributed by atoms with Crippen LogP contribution in [0.5, 0.6) is 0 Å². The molecule has 0 radical (unpaired) electrons. The van der Waals surface area contributed by atoms with Crippen LogP contribution in [0, 0.1) is 10.1 Å². The van der Waals surface area contributed by atoms with E-state index in [9.17, 15) is 10.1 Å². The second kappa shape index (κ2) is 5.48. The predicted octanol–water partition coefficient (Wildman–Crippen LogP) is 4.48. The molecule has 22 heavy (non-hydrogen) atoms. The molecule has 0 amide bonds. The molecule has 1 heterocycles. The highest BCUT2D eigenvalue weighted by molar-refractivity contribution is 5.97. The van der Waals surface area contributed by atoms with Crippen molar-refractivity contribution in [3.8, 4) is 11.3 Å². The Morgan fingerprint density at radius 3 is 2.41 bits per heavy atom. The molecule has 0 saturated heterocycles. The molecule has 4 heteroatoms. The van der Waals surface area contributed by atoms with Crippen LogP contribution in [0.15, 0.2) is 60.3 Å². The van der Waals surface area contributed by atoms with E-state index in [-0.39, 0.29) is 10.6 Å². The lowest BCUT2D eigenvalue weighted by Gasteiger charge is -2.06. The number of nitro groups is 1. The quantitative estimate of drug-likeness (QED) is 0.527. The highest BCUT2D eigenvalue weighted by Crippen LogP contribution is 2.34. The molecular formula is C18H16N2O2. The van der Waals surface area contributed by atoms with E-state index in [0.29, 0.717) is 0 Å². The lowest BCUT2D eigenvalue weighted by molar-refractivity contribution is -0.422. The topological polar surface area (TPSA) is 48.1 Å². The number of hydrogen-bond donors (Lipinski definition) is 0. The highest BCUT2D eigenvalue weighted by Gasteiger charge is 2.16. The standard InChI is InChI=1S/C18H16N2O2/c1-13(20(21)22)12-16-15-10-6-7-11-17(15)19(2)18(16)14-8-4-3-5-9-14/h3-12H,1-2H3/b13-12+. The molecule has 0 saturated carbocycles. The average molecular weight is 292 g/mol. The van der Waals surface area contributed by atoms with Crippen LogP contribution < -0.4 is 0 Å². The smallest absolute Gasteiger partial charge is 0.243 e. The van der Waals surface area contributed by atoms with Crippen LogP contribution in [-0.4, -0.2) is 9.49 Å². The molecule has 110 valence electrons. The van der Waals surface area contributed by atoms with Crippen LogP contribution in [0.3, 0.4) is 0 Å². The van der Waals surface area contributed by atoms with E-state index in [2.05, 4.69) is 4.57 Å². The molecule has 0 aliphatic carbocycles. The summed E-state index contributed by atoms with van der Waals surface area (Å²) in [5.74, 6) is 0. The van der Waals surface area contributed by atoms with E-state index in [1.54, 1.807) is 6.08 Å². The summed E-state index contributed by atoms with van der Waals surface area (Å²) in [7, 11) is 1.99. The van der Waals surface area contributed by atoms with Crippen molar-refractivity contribution in [1.82, 2.24) is 4.57 Å². The first-order chi connectivity index (χ1) is 10.6. The zero-order valence-electron chi connectivity index (χ0n) is 12.5. The first-order valence-electron chi connectivity index (χ1n) is 7.05. The fourth-order valence-corrected chi connectivity index (χ4v) is 2.78. The van der Waals surface area contributed by atoms with Gasteiger partial charge in [0.25, 0.3) is 0 Å². The second-order valence-corrected chi connectivity index (χ2v) is 5.25. The van der Waals surface area contributed by atoms with Gasteiger partial charge in [-0.3, -0.25) is 10.1 Å². The summed E-state index contributed by atoms with van der Waals surface area (Å²) in [6.07, 6.45) is 1.66. The van der Waals surface area contributed by atoms with E-state index in [1.807, 2.05) is 61.6 Å². The van der Waals surface area contributed by atoms with Gasteiger partial charge in [-0.15, -0.1) is 0 Å². The summed E-state index contributed by atoms with van der Waals surface area (Å²) in [5, 5.41) is 12.0. The zero-order valence-corrected chi connectivity index (χ0v) is 12.5. The van der Waals surface area contributed by atoms with E-state index in [1.165, 1.54) is 6.92 Å². The van der Waals surface area contributed by atoms with Crippen molar-refractivity contribution in [2.45, 2.75) is 6.92 Å². The van der Waals surface area contributed by atoms with Gasteiger partial charge in [-0.2, -0.15) is 0 Å². The van der Waals surface area contributed by atoms with E-state index in [0.717, 1.165) is 27.7 Å². The van der Waals surface area contributed by atoms with Crippen LogP contribution in [0.2, 0.25) is 0 Å². The van der Waals surface area contributed by atoms with E-state index in [4.69, 9.17) is 0 Å². The number of allylic oxidation sites excluding steroid dienone is 1. The van der Waals surface area contributed by atoms with Gasteiger partial charge in [0.15, 0.2) is 0 Å². The van der Waals surface area contributed by atoms with Gasteiger partial charge in [-0.05, 0) is 11.6 Å². The van der Waals surface area contributed by atoms with Crippen molar-refractivity contribution >= 4 is 17.0 Å². The molecule has 1 aromatic heterocycles. The molecule has 0 spiro atoms. The van der Waals surface area contributed by atoms with Crippen molar-refractivity contribution in [3.63, 3.8) is 0 Å². The minimum atomic E-state index is -0.351. The van der Waals surface area contributed by atoms with Crippen molar-refractivity contribution in [3.05, 3.63) is 76.0 Å². The first-order valence-corrected chi connectivity index (χ1v) is 7.05. The van der Waals surface area contributed by atoms with Crippen molar-refractivity contribution < 1.29 is 4.92 Å². The van der Waals surface area contributed by atoms with Crippen LogP contribution >= 0.6 is 0 Å². The maximum Gasteiger partial charge on any atom is 0.243 e. The third-order valence-electron chi connectivity index (χ3n) is 3.83. The van der Waals surface area contributed by atoms with Crippen LogP contribution in [0.1, 0.15) is 12.5 Å². The molecule has 0 bridgehead atoms. The summed E-state index contributed by atoms with van der Waals surface area (Å²) in [6.45, 7) is 1.52. The Labute approximate surface area is 128 Å². The normalized spacial score (nSPS) is 11.8.